The molecule has 0 saturated carbocycles. The molecular formula is C25H21NO5. The zero-order valence-corrected chi connectivity index (χ0v) is 17.0. The third-order valence-electron chi connectivity index (χ3n) is 5.14. The maximum Gasteiger partial charge on any atom is 0.310 e. The number of carbonyl (C=O) groups is 3. The van der Waals surface area contributed by atoms with Crippen LogP contribution in [0.4, 0.5) is 5.69 Å². The van der Waals surface area contributed by atoms with Gasteiger partial charge in [0.2, 0.25) is 5.91 Å². The SMILES string of the molecule is COc1ccc(C(=O)N2C(=O)Cc3cccc(CC(=O)OCc4ccccc4)c32)cc1. The first-order chi connectivity index (χ1) is 15.1. The molecule has 6 nitrogen and oxygen atoms in total. The topological polar surface area (TPSA) is 72.9 Å². The van der Waals surface area contributed by atoms with Gasteiger partial charge in [0.05, 0.1) is 25.6 Å². The second-order valence-electron chi connectivity index (χ2n) is 7.19. The molecule has 0 aliphatic carbocycles. The Labute approximate surface area is 180 Å². The van der Waals surface area contributed by atoms with E-state index in [9.17, 15) is 14.4 Å². The highest BCUT2D eigenvalue weighted by Crippen LogP contribution is 2.34. The van der Waals surface area contributed by atoms with E-state index in [1.807, 2.05) is 30.3 Å². The van der Waals surface area contributed by atoms with Crippen molar-refractivity contribution in [3.05, 3.63) is 95.1 Å². The van der Waals surface area contributed by atoms with Crippen LogP contribution in [-0.4, -0.2) is 24.9 Å². The fourth-order valence-corrected chi connectivity index (χ4v) is 3.61. The van der Waals surface area contributed by atoms with Crippen molar-refractivity contribution < 1.29 is 23.9 Å². The van der Waals surface area contributed by atoms with Crippen molar-refractivity contribution in [1.29, 1.82) is 0 Å². The summed E-state index contributed by atoms with van der Waals surface area (Å²) in [5, 5.41) is 0. The van der Waals surface area contributed by atoms with Gasteiger partial charge >= 0.3 is 5.97 Å². The van der Waals surface area contributed by atoms with Gasteiger partial charge in [-0.05, 0) is 41.0 Å². The summed E-state index contributed by atoms with van der Waals surface area (Å²) in [6, 6.07) is 21.3. The Hall–Kier alpha value is -3.93. The van der Waals surface area contributed by atoms with Crippen LogP contribution in [0, 0.1) is 0 Å². The van der Waals surface area contributed by atoms with E-state index < -0.39 is 11.9 Å². The van der Waals surface area contributed by atoms with Crippen LogP contribution in [0.1, 0.15) is 27.0 Å². The molecule has 0 atom stereocenters. The Kier molecular flexibility index (Phi) is 5.80. The molecule has 6 heteroatoms. The van der Waals surface area contributed by atoms with Crippen molar-refractivity contribution in [2.45, 2.75) is 19.4 Å². The molecule has 1 heterocycles. The van der Waals surface area contributed by atoms with Gasteiger partial charge in [0.1, 0.15) is 12.4 Å². The Morgan fingerprint density at radius 3 is 2.39 bits per heavy atom. The number of fused-ring (bicyclic) bond motifs is 1. The Bertz CT molecular complexity index is 1120. The number of para-hydroxylation sites is 1. The van der Waals surface area contributed by atoms with Gasteiger partial charge < -0.3 is 9.47 Å². The van der Waals surface area contributed by atoms with E-state index in [1.165, 1.54) is 0 Å². The molecule has 3 aromatic rings. The summed E-state index contributed by atoms with van der Waals surface area (Å²) in [5.74, 6) is -0.558. The number of anilines is 1. The van der Waals surface area contributed by atoms with E-state index in [-0.39, 0.29) is 25.4 Å². The van der Waals surface area contributed by atoms with Gasteiger partial charge in [-0.2, -0.15) is 0 Å². The maximum absolute atomic E-state index is 13.1. The van der Waals surface area contributed by atoms with Gasteiger partial charge in [0.15, 0.2) is 0 Å². The Morgan fingerprint density at radius 2 is 1.68 bits per heavy atom. The minimum absolute atomic E-state index is 0.0321. The third kappa shape index (κ3) is 4.33. The summed E-state index contributed by atoms with van der Waals surface area (Å²) in [5.41, 5.74) is 3.04. The first kappa shape index (κ1) is 20.3. The summed E-state index contributed by atoms with van der Waals surface area (Å²) < 4.78 is 10.5. The summed E-state index contributed by atoms with van der Waals surface area (Å²) in [7, 11) is 1.54. The van der Waals surface area contributed by atoms with Crippen LogP contribution in [0.3, 0.4) is 0 Å². The summed E-state index contributed by atoms with van der Waals surface area (Å²) in [4.78, 5) is 39.4. The van der Waals surface area contributed by atoms with Crippen molar-refractivity contribution in [1.82, 2.24) is 0 Å². The molecule has 3 aromatic carbocycles. The first-order valence-corrected chi connectivity index (χ1v) is 9.88. The van der Waals surface area contributed by atoms with Crippen LogP contribution in [0.15, 0.2) is 72.8 Å². The van der Waals surface area contributed by atoms with E-state index in [0.29, 0.717) is 22.6 Å². The number of hydrogen-bond acceptors (Lipinski definition) is 5. The summed E-state index contributed by atoms with van der Waals surface area (Å²) in [6.45, 7) is 0.169. The number of carbonyl (C=O) groups excluding carboxylic acids is 3. The minimum Gasteiger partial charge on any atom is -0.497 e. The summed E-state index contributed by atoms with van der Waals surface area (Å²) >= 11 is 0. The fourth-order valence-electron chi connectivity index (χ4n) is 3.61. The number of imide groups is 1. The van der Waals surface area contributed by atoms with Crippen LogP contribution in [0.2, 0.25) is 0 Å². The standard InChI is InChI=1S/C25H21NO5/c1-30-21-12-10-18(11-13-21)25(29)26-22(27)14-19-8-5-9-20(24(19)26)15-23(28)31-16-17-6-3-2-4-7-17/h2-13H,14-16H2,1H3. The lowest BCUT2D eigenvalue weighted by atomic mass is 10.0. The lowest BCUT2D eigenvalue weighted by molar-refractivity contribution is -0.144. The van der Waals surface area contributed by atoms with Crippen LogP contribution in [0.5, 0.6) is 5.75 Å². The number of nitrogens with zero attached hydrogens (tertiary/aromatic N) is 1. The molecule has 31 heavy (non-hydrogen) atoms. The van der Waals surface area contributed by atoms with Crippen LogP contribution in [0.25, 0.3) is 0 Å². The molecule has 2 amide bonds. The predicted octanol–water partition coefficient (Wildman–Crippen LogP) is 3.71. The maximum atomic E-state index is 13.1. The molecule has 0 bridgehead atoms. The van der Waals surface area contributed by atoms with Crippen molar-refractivity contribution >= 4 is 23.5 Å². The normalized spacial score (nSPS) is 12.4. The van der Waals surface area contributed by atoms with Gasteiger partial charge in [-0.25, -0.2) is 4.90 Å². The van der Waals surface area contributed by atoms with Crippen LogP contribution in [-0.2, 0) is 33.8 Å². The Balaban J connectivity index is 1.55. The average molecular weight is 415 g/mol. The molecule has 156 valence electrons. The van der Waals surface area contributed by atoms with E-state index >= 15 is 0 Å². The second-order valence-corrected chi connectivity index (χ2v) is 7.19. The van der Waals surface area contributed by atoms with Gasteiger partial charge in [-0.15, -0.1) is 0 Å². The zero-order valence-electron chi connectivity index (χ0n) is 17.0. The summed E-state index contributed by atoms with van der Waals surface area (Å²) in [6.07, 6.45) is 0.0831. The molecule has 0 unspecified atom stereocenters. The van der Waals surface area contributed by atoms with Gasteiger partial charge in [-0.1, -0.05) is 48.5 Å². The number of amides is 2. The Morgan fingerprint density at radius 1 is 0.935 bits per heavy atom. The van der Waals surface area contributed by atoms with Gasteiger partial charge in [-0.3, -0.25) is 14.4 Å². The lowest BCUT2D eigenvalue weighted by Crippen LogP contribution is -2.34. The molecule has 0 spiro atoms. The molecule has 0 radical (unpaired) electrons. The highest BCUT2D eigenvalue weighted by Gasteiger charge is 2.35. The molecule has 0 aromatic heterocycles. The second kappa shape index (κ2) is 8.83. The molecule has 1 aliphatic heterocycles. The zero-order chi connectivity index (χ0) is 21.8. The number of benzene rings is 3. The molecule has 1 aliphatic rings. The van der Waals surface area contributed by atoms with Crippen LogP contribution >= 0.6 is 0 Å². The quantitative estimate of drug-likeness (QED) is 0.453. The number of ether oxygens (including phenoxy) is 2. The van der Waals surface area contributed by atoms with Gasteiger partial charge in [0.25, 0.3) is 5.91 Å². The van der Waals surface area contributed by atoms with Crippen LogP contribution < -0.4 is 9.64 Å². The van der Waals surface area contributed by atoms with E-state index in [1.54, 1.807) is 49.6 Å². The smallest absolute Gasteiger partial charge is 0.310 e. The molecular weight excluding hydrogens is 394 g/mol. The van der Waals surface area contributed by atoms with E-state index in [0.717, 1.165) is 16.0 Å². The monoisotopic (exact) mass is 415 g/mol. The lowest BCUT2D eigenvalue weighted by Gasteiger charge is -2.19. The van der Waals surface area contributed by atoms with Crippen molar-refractivity contribution in [2.24, 2.45) is 0 Å². The van der Waals surface area contributed by atoms with Gasteiger partial charge in [0, 0.05) is 5.56 Å². The van der Waals surface area contributed by atoms with Crippen molar-refractivity contribution in [3.8, 4) is 5.75 Å². The highest BCUT2D eigenvalue weighted by molar-refractivity contribution is 6.25. The molecule has 4 rings (SSSR count). The molecule has 0 saturated heterocycles. The number of methoxy groups -OCH3 is 1. The average Bonchev–Trinajstić information content (AvgIpc) is 3.14. The van der Waals surface area contributed by atoms with Crippen molar-refractivity contribution in [2.75, 3.05) is 12.0 Å². The largest absolute Gasteiger partial charge is 0.497 e. The first-order valence-electron chi connectivity index (χ1n) is 9.88. The minimum atomic E-state index is -0.434. The number of hydrogen-bond donors (Lipinski definition) is 0. The van der Waals surface area contributed by atoms with Crippen molar-refractivity contribution in [3.63, 3.8) is 0 Å². The van der Waals surface area contributed by atoms with E-state index in [4.69, 9.17) is 9.47 Å². The molecule has 0 N–H and O–H groups in total. The number of esters is 1. The number of rotatable bonds is 6. The molecule has 0 fully saturated rings. The third-order valence-corrected chi connectivity index (χ3v) is 5.14. The predicted molar refractivity (Wildman–Crippen MR) is 115 cm³/mol. The fraction of sp³-hybridized carbons (Fsp3) is 0.160. The van der Waals surface area contributed by atoms with E-state index in [2.05, 4.69) is 0 Å². The highest BCUT2D eigenvalue weighted by atomic mass is 16.5.